The number of imide groups is 1. The third kappa shape index (κ3) is 4.79. The summed E-state index contributed by atoms with van der Waals surface area (Å²) in [5.74, 6) is 0.274. The first kappa shape index (κ1) is 24.5. The minimum Gasteiger partial charge on any atom is -0.357 e. The second-order valence-electron chi connectivity index (χ2n) is 8.14. The summed E-state index contributed by atoms with van der Waals surface area (Å²) in [4.78, 5) is 31.2. The van der Waals surface area contributed by atoms with E-state index in [1.807, 2.05) is 6.92 Å². The lowest BCUT2D eigenvalue weighted by Gasteiger charge is -2.18. The zero-order valence-corrected chi connectivity index (χ0v) is 19.9. The fourth-order valence-corrected chi connectivity index (χ4v) is 4.78. The van der Waals surface area contributed by atoms with Crippen molar-refractivity contribution in [2.45, 2.75) is 26.1 Å². The van der Waals surface area contributed by atoms with Crippen LogP contribution in [0.1, 0.15) is 24.5 Å². The van der Waals surface area contributed by atoms with Crippen LogP contribution in [0.2, 0.25) is 0 Å². The van der Waals surface area contributed by atoms with Gasteiger partial charge in [-0.05, 0) is 42.9 Å². The normalized spacial score (nSPS) is 26.4. The fourth-order valence-electron chi connectivity index (χ4n) is 4.78. The Morgan fingerprint density at radius 3 is 2.19 bits per heavy atom. The van der Waals surface area contributed by atoms with Gasteiger partial charge in [-0.25, -0.2) is 4.99 Å². The Labute approximate surface area is 201 Å². The number of amides is 2. The average molecular weight is 562 g/mol. The van der Waals surface area contributed by atoms with Gasteiger partial charge >= 0.3 is 6.18 Å². The summed E-state index contributed by atoms with van der Waals surface area (Å²) in [6, 6.07) is 4.88. The molecule has 1 saturated carbocycles. The quantitative estimate of drug-likeness (QED) is 0.184. The highest BCUT2D eigenvalue weighted by Crippen LogP contribution is 2.52. The number of alkyl halides is 3. The highest BCUT2D eigenvalue weighted by Gasteiger charge is 2.58. The predicted molar refractivity (Wildman–Crippen MR) is 124 cm³/mol. The van der Waals surface area contributed by atoms with E-state index in [4.69, 9.17) is 0 Å². The van der Waals surface area contributed by atoms with Crippen molar-refractivity contribution in [3.63, 3.8) is 0 Å². The molecular formula is C22H26F3IN4O2. The minimum atomic E-state index is -4.36. The first-order valence-electron chi connectivity index (χ1n) is 10.5. The predicted octanol–water partition coefficient (Wildman–Crippen LogP) is 3.19. The second-order valence-corrected chi connectivity index (χ2v) is 8.14. The van der Waals surface area contributed by atoms with Gasteiger partial charge in [0.2, 0.25) is 11.8 Å². The molecule has 2 N–H and O–H groups in total. The number of fused-ring (bicyclic) bond motifs is 5. The Balaban J connectivity index is 0.00000289. The van der Waals surface area contributed by atoms with Crippen LogP contribution in [0.3, 0.4) is 0 Å². The molecule has 3 aliphatic rings. The van der Waals surface area contributed by atoms with Gasteiger partial charge in [-0.1, -0.05) is 24.3 Å². The van der Waals surface area contributed by atoms with Gasteiger partial charge in [0.05, 0.1) is 23.9 Å². The molecule has 2 aliphatic carbocycles. The van der Waals surface area contributed by atoms with E-state index >= 15 is 0 Å². The van der Waals surface area contributed by atoms with Gasteiger partial charge in [0.15, 0.2) is 5.96 Å². The van der Waals surface area contributed by atoms with Crippen molar-refractivity contribution in [3.8, 4) is 0 Å². The van der Waals surface area contributed by atoms with E-state index in [0.29, 0.717) is 24.6 Å². The number of aliphatic imine (C=N–C) groups is 1. The monoisotopic (exact) mass is 562 g/mol. The van der Waals surface area contributed by atoms with Crippen molar-refractivity contribution >= 4 is 41.8 Å². The first-order chi connectivity index (χ1) is 14.8. The molecule has 2 amide bonds. The number of nitrogens with zero attached hydrogens (tertiary/aromatic N) is 2. The van der Waals surface area contributed by atoms with E-state index in [1.165, 1.54) is 17.0 Å². The molecule has 0 spiro atoms. The minimum absolute atomic E-state index is 0. The van der Waals surface area contributed by atoms with Crippen LogP contribution >= 0.6 is 24.0 Å². The summed E-state index contributed by atoms with van der Waals surface area (Å²) in [5.41, 5.74) is -0.0514. The first-order valence-corrected chi connectivity index (χ1v) is 10.5. The lowest BCUT2D eigenvalue weighted by Crippen LogP contribution is -2.43. The number of carbonyl (C=O) groups excluding carboxylic acids is 2. The molecule has 4 atom stereocenters. The molecule has 4 unspecified atom stereocenters. The van der Waals surface area contributed by atoms with Gasteiger partial charge in [-0.2, -0.15) is 13.2 Å². The van der Waals surface area contributed by atoms with Crippen molar-refractivity contribution in [1.82, 2.24) is 15.5 Å². The van der Waals surface area contributed by atoms with Crippen molar-refractivity contribution in [2.75, 3.05) is 19.6 Å². The maximum atomic E-state index is 12.7. The Kier molecular flexibility index (Phi) is 7.51. The summed E-state index contributed by atoms with van der Waals surface area (Å²) in [6.45, 7) is 3.30. The number of rotatable bonds is 6. The number of carbonyl (C=O) groups is 2. The van der Waals surface area contributed by atoms with Gasteiger partial charge in [0.1, 0.15) is 0 Å². The van der Waals surface area contributed by atoms with Crippen LogP contribution < -0.4 is 10.6 Å². The fraction of sp³-hybridized carbons (Fsp3) is 0.500. The third-order valence-electron chi connectivity index (χ3n) is 6.23. The van der Waals surface area contributed by atoms with Crippen molar-refractivity contribution < 1.29 is 22.8 Å². The summed E-state index contributed by atoms with van der Waals surface area (Å²) in [7, 11) is 0. The van der Waals surface area contributed by atoms with Gasteiger partial charge in [-0.3, -0.25) is 14.5 Å². The molecule has 1 saturated heterocycles. The molecule has 4 rings (SSSR count). The number of halogens is 4. The van der Waals surface area contributed by atoms with Gasteiger partial charge in [0.25, 0.3) is 0 Å². The van der Waals surface area contributed by atoms with Crippen molar-refractivity contribution in [2.24, 2.45) is 28.7 Å². The summed E-state index contributed by atoms with van der Waals surface area (Å²) >= 11 is 0. The van der Waals surface area contributed by atoms with E-state index < -0.39 is 11.7 Å². The number of hydrogen-bond acceptors (Lipinski definition) is 3. The molecule has 0 aromatic heterocycles. The maximum absolute atomic E-state index is 12.7. The number of hydrogen-bond donors (Lipinski definition) is 2. The van der Waals surface area contributed by atoms with Crippen LogP contribution in [0, 0.1) is 23.7 Å². The number of nitrogens with one attached hydrogen (secondary N) is 2. The molecule has 32 heavy (non-hydrogen) atoms. The summed E-state index contributed by atoms with van der Waals surface area (Å²) in [5, 5.41) is 6.16. The Morgan fingerprint density at radius 2 is 1.66 bits per heavy atom. The van der Waals surface area contributed by atoms with Crippen LogP contribution in [-0.4, -0.2) is 42.3 Å². The zero-order valence-electron chi connectivity index (χ0n) is 17.6. The maximum Gasteiger partial charge on any atom is 0.416 e. The van der Waals surface area contributed by atoms with E-state index in [9.17, 15) is 22.8 Å². The molecule has 10 heteroatoms. The average Bonchev–Trinajstić information content (AvgIpc) is 3.41. The molecule has 1 aliphatic heterocycles. The van der Waals surface area contributed by atoms with Crippen LogP contribution in [0.15, 0.2) is 41.4 Å². The van der Waals surface area contributed by atoms with Crippen LogP contribution in [0.5, 0.6) is 0 Å². The number of guanidine groups is 1. The second kappa shape index (κ2) is 9.80. The number of likely N-dealkylation sites (tertiary alicyclic amines) is 1. The SMILES string of the molecule is CCNC(=NCc1ccc(C(F)(F)F)cc1)NCCN1C(=O)C2C3C=CC(C3)C2C1=O.I. The van der Waals surface area contributed by atoms with Crippen molar-refractivity contribution in [1.29, 1.82) is 0 Å². The van der Waals surface area contributed by atoms with Gasteiger partial charge in [-0.15, -0.1) is 24.0 Å². The topological polar surface area (TPSA) is 73.8 Å². The lowest BCUT2D eigenvalue weighted by atomic mass is 9.85. The van der Waals surface area contributed by atoms with E-state index in [-0.39, 0.29) is 72.6 Å². The Hall–Kier alpha value is -2.11. The molecule has 174 valence electrons. The number of benzene rings is 1. The molecule has 0 radical (unpaired) electrons. The van der Waals surface area contributed by atoms with E-state index in [0.717, 1.165) is 18.6 Å². The standard InChI is InChI=1S/C22H25F3N4O2.HI/c1-2-26-21(28-12-13-3-7-16(8-4-13)22(23,24)25)27-9-10-29-19(30)17-14-5-6-15(11-14)18(17)20(29)31;/h3-8,14-15,17-18H,2,9-12H2,1H3,(H2,26,27,28);1H. The van der Waals surface area contributed by atoms with Crippen LogP contribution in [0.4, 0.5) is 13.2 Å². The van der Waals surface area contributed by atoms with Gasteiger partial charge < -0.3 is 10.6 Å². The van der Waals surface area contributed by atoms with Crippen LogP contribution in [0.25, 0.3) is 0 Å². The molecule has 6 nitrogen and oxygen atoms in total. The largest absolute Gasteiger partial charge is 0.416 e. The summed E-state index contributed by atoms with van der Waals surface area (Å²) in [6.07, 6.45) is 0.669. The van der Waals surface area contributed by atoms with Crippen LogP contribution in [-0.2, 0) is 22.3 Å². The zero-order chi connectivity index (χ0) is 22.2. The summed E-state index contributed by atoms with van der Waals surface area (Å²) < 4.78 is 38.0. The molecular weight excluding hydrogens is 536 g/mol. The number of allylic oxidation sites excluding steroid dienone is 2. The highest BCUT2D eigenvalue weighted by molar-refractivity contribution is 14.0. The Bertz CT molecular complexity index is 887. The molecule has 1 aromatic carbocycles. The van der Waals surface area contributed by atoms with Crippen molar-refractivity contribution in [3.05, 3.63) is 47.5 Å². The van der Waals surface area contributed by atoms with E-state index in [1.54, 1.807) is 0 Å². The molecule has 1 aromatic rings. The molecule has 2 bridgehead atoms. The third-order valence-corrected chi connectivity index (χ3v) is 6.23. The van der Waals surface area contributed by atoms with Gasteiger partial charge in [0, 0.05) is 19.6 Å². The molecule has 2 fully saturated rings. The molecule has 1 heterocycles. The highest BCUT2D eigenvalue weighted by atomic mass is 127. The smallest absolute Gasteiger partial charge is 0.357 e. The Morgan fingerprint density at radius 1 is 1.06 bits per heavy atom. The van der Waals surface area contributed by atoms with E-state index in [2.05, 4.69) is 27.8 Å². The lowest BCUT2D eigenvalue weighted by molar-refractivity contribution is -0.140.